The van der Waals surface area contributed by atoms with Gasteiger partial charge in [0.05, 0.1) is 32.0 Å². The number of phosphoric ester groups is 1. The lowest BCUT2D eigenvalue weighted by molar-refractivity contribution is -0.161. The molecule has 58 heavy (non-hydrogen) atoms. The topological polar surface area (TPSA) is 161 Å². The molecular weight excluding hydrogens is 759 g/mol. The van der Waals surface area contributed by atoms with E-state index in [1.54, 1.807) is 0 Å². The molecule has 12 heteroatoms. The number of hydrogen-bond donors (Lipinski definition) is 3. The molecule has 1 fully saturated rings. The van der Waals surface area contributed by atoms with Crippen molar-refractivity contribution in [1.82, 2.24) is 0 Å². The number of unbranched alkanes of at least 4 members (excludes halogenated alkanes) is 10. The van der Waals surface area contributed by atoms with E-state index in [0.29, 0.717) is 25.0 Å². The average Bonchev–Trinajstić information content (AvgIpc) is 3.97. The van der Waals surface area contributed by atoms with E-state index in [0.717, 1.165) is 96.3 Å². The van der Waals surface area contributed by atoms with Gasteiger partial charge in [0.25, 0.3) is 0 Å². The molecule has 1 aliphatic heterocycles. The normalized spacial score (nSPS) is 18.0. The number of hydrogen-bond acceptors (Lipinski definition) is 10. The monoisotopic (exact) mass is 837 g/mol. The van der Waals surface area contributed by atoms with Crippen LogP contribution in [0.3, 0.4) is 0 Å². The molecule has 1 heterocycles. The van der Waals surface area contributed by atoms with Crippen molar-refractivity contribution in [3.8, 4) is 0 Å². The first-order valence-electron chi connectivity index (χ1n) is 22.0. The third-order valence-corrected chi connectivity index (χ3v) is 10.2. The summed E-state index contributed by atoms with van der Waals surface area (Å²) in [5, 5.41) is 18.3. The Morgan fingerprint density at radius 2 is 1.17 bits per heavy atom. The van der Waals surface area contributed by atoms with Crippen LogP contribution in [0.15, 0.2) is 72.9 Å². The van der Waals surface area contributed by atoms with Crippen LogP contribution in [0.5, 0.6) is 0 Å². The number of rotatable bonds is 39. The first kappa shape index (κ1) is 53.4. The Morgan fingerprint density at radius 1 is 0.638 bits per heavy atom. The lowest BCUT2D eigenvalue weighted by Crippen LogP contribution is -2.29. The van der Waals surface area contributed by atoms with Crippen molar-refractivity contribution in [3.63, 3.8) is 0 Å². The van der Waals surface area contributed by atoms with Crippen molar-refractivity contribution in [1.29, 1.82) is 0 Å². The van der Waals surface area contributed by atoms with Gasteiger partial charge in [0.1, 0.15) is 12.7 Å². The molecule has 0 aromatic heterocycles. The van der Waals surface area contributed by atoms with Crippen molar-refractivity contribution < 1.29 is 52.5 Å². The van der Waals surface area contributed by atoms with Gasteiger partial charge in [-0.1, -0.05) is 132 Å². The van der Waals surface area contributed by atoms with Gasteiger partial charge in [0.15, 0.2) is 6.10 Å². The van der Waals surface area contributed by atoms with Crippen molar-refractivity contribution in [3.05, 3.63) is 72.9 Å². The highest BCUT2D eigenvalue weighted by Gasteiger charge is 2.36. The fraction of sp³-hybridized carbons (Fsp3) is 0.696. The highest BCUT2D eigenvalue weighted by molar-refractivity contribution is 7.47. The lowest BCUT2D eigenvalue weighted by atomic mass is 10.1. The molecule has 1 aliphatic rings. The third-order valence-electron chi connectivity index (χ3n) is 9.27. The minimum Gasteiger partial charge on any atom is -0.462 e. The van der Waals surface area contributed by atoms with Gasteiger partial charge in [-0.2, -0.15) is 0 Å². The Labute approximate surface area is 350 Å². The molecule has 0 bridgehead atoms. The number of ether oxygens (including phenoxy) is 3. The van der Waals surface area contributed by atoms with E-state index in [1.807, 2.05) is 0 Å². The molecule has 0 aliphatic carbocycles. The number of aliphatic hydroxyl groups is 2. The second-order valence-corrected chi connectivity index (χ2v) is 16.2. The second kappa shape index (κ2) is 37.4. The van der Waals surface area contributed by atoms with E-state index in [1.165, 1.54) is 19.3 Å². The van der Waals surface area contributed by atoms with Crippen molar-refractivity contribution in [2.24, 2.45) is 0 Å². The maximum absolute atomic E-state index is 12.6. The number of aliphatic hydroxyl groups excluding tert-OH is 2. The summed E-state index contributed by atoms with van der Waals surface area (Å²) in [7, 11) is -4.64. The molecule has 1 rings (SSSR count). The van der Waals surface area contributed by atoms with Gasteiger partial charge in [-0.15, -0.1) is 0 Å². The molecule has 3 N–H and O–H groups in total. The molecule has 0 aromatic rings. The van der Waals surface area contributed by atoms with Gasteiger partial charge >= 0.3 is 19.8 Å². The molecule has 332 valence electrons. The van der Waals surface area contributed by atoms with Gasteiger partial charge in [-0.25, -0.2) is 4.57 Å². The minimum absolute atomic E-state index is 0.135. The van der Waals surface area contributed by atoms with E-state index >= 15 is 0 Å². The zero-order valence-electron chi connectivity index (χ0n) is 35.7. The number of esters is 2. The summed E-state index contributed by atoms with van der Waals surface area (Å²) >= 11 is 0. The van der Waals surface area contributed by atoms with E-state index in [9.17, 15) is 24.2 Å². The van der Waals surface area contributed by atoms with Gasteiger partial charge in [0, 0.05) is 12.8 Å². The zero-order chi connectivity index (χ0) is 42.4. The Balaban J connectivity index is 2.29. The van der Waals surface area contributed by atoms with Crippen LogP contribution in [0.2, 0.25) is 0 Å². The molecule has 3 unspecified atom stereocenters. The van der Waals surface area contributed by atoms with Gasteiger partial charge in [-0.05, 0) is 83.5 Å². The number of phosphoric acid groups is 1. The summed E-state index contributed by atoms with van der Waals surface area (Å²) in [5.41, 5.74) is 0. The zero-order valence-corrected chi connectivity index (χ0v) is 36.6. The molecule has 11 nitrogen and oxygen atoms in total. The van der Waals surface area contributed by atoms with Crippen LogP contribution in [0.25, 0.3) is 0 Å². The first-order valence-corrected chi connectivity index (χ1v) is 23.5. The molecule has 0 spiro atoms. The van der Waals surface area contributed by atoms with Crippen LogP contribution < -0.4 is 0 Å². The van der Waals surface area contributed by atoms with Crippen molar-refractivity contribution in [2.75, 3.05) is 26.4 Å². The summed E-state index contributed by atoms with van der Waals surface area (Å²) < 4.78 is 38.5. The number of epoxide rings is 1. The Bertz CT molecular complexity index is 1260. The summed E-state index contributed by atoms with van der Waals surface area (Å²) in [4.78, 5) is 35.1. The lowest BCUT2D eigenvalue weighted by Gasteiger charge is -2.20. The molecule has 5 atom stereocenters. The average molecular weight is 837 g/mol. The summed E-state index contributed by atoms with van der Waals surface area (Å²) in [6.07, 6.45) is 44.6. The summed E-state index contributed by atoms with van der Waals surface area (Å²) in [5.74, 6) is -0.992. The standard InChI is InChI=1S/C46H77O11P/c1-3-5-7-9-11-12-13-14-15-16-17-18-19-20-21-22-23-27-32-36-46(50)56-42(40-55-58(51,52)54-38-41(48)37-47)39-53-45(49)35-31-28-24-26-30-34-44-43(57-44)33-29-25-10-8-6-4-2/h5,7,11-12,14-15,17-18,20-21,25,29,41-44,47-48H,3-4,6,8-10,13,16,19,22-24,26-28,30-40H2,1-2H3,(H,51,52)/b7-5-,12-11-,15-14-,18-17-,21-20-,29-25-/t41-,42+,43?,44?/m0/s1. The first-order chi connectivity index (χ1) is 28.2. The van der Waals surface area contributed by atoms with Crippen LogP contribution in [0.1, 0.15) is 155 Å². The highest BCUT2D eigenvalue weighted by Crippen LogP contribution is 2.43. The van der Waals surface area contributed by atoms with Crippen LogP contribution >= 0.6 is 7.82 Å². The molecule has 0 aromatic carbocycles. The molecular formula is C46H77O11P. The van der Waals surface area contributed by atoms with Gasteiger partial charge < -0.3 is 29.3 Å². The predicted octanol–water partition coefficient (Wildman–Crippen LogP) is 10.7. The maximum Gasteiger partial charge on any atom is 0.472 e. The Morgan fingerprint density at radius 3 is 1.81 bits per heavy atom. The number of carbonyl (C=O) groups excluding carboxylic acids is 2. The minimum atomic E-state index is -4.64. The Hall–Kier alpha value is -2.63. The van der Waals surface area contributed by atoms with E-state index < -0.39 is 51.8 Å². The van der Waals surface area contributed by atoms with Crippen LogP contribution in [-0.2, 0) is 37.4 Å². The van der Waals surface area contributed by atoms with Crippen molar-refractivity contribution in [2.45, 2.75) is 180 Å². The van der Waals surface area contributed by atoms with Gasteiger partial charge in [-0.3, -0.25) is 18.6 Å². The SMILES string of the molecule is CC/C=C\C/C=C\C/C=C\C/C=C\C/C=C\CCCCCC(=O)O[C@H](COC(=O)CCCCCCCC1OC1C/C=C\CCCCC)COP(=O)(O)OC[C@@H](O)CO. The van der Waals surface area contributed by atoms with E-state index in [-0.39, 0.29) is 19.4 Å². The fourth-order valence-electron chi connectivity index (χ4n) is 5.79. The van der Waals surface area contributed by atoms with E-state index in [4.69, 9.17) is 23.8 Å². The summed E-state index contributed by atoms with van der Waals surface area (Å²) in [6, 6.07) is 0. The quantitative estimate of drug-likeness (QED) is 0.0178. The van der Waals surface area contributed by atoms with Gasteiger partial charge in [0.2, 0.25) is 0 Å². The Kier molecular flexibility index (Phi) is 34.4. The molecule has 0 radical (unpaired) electrons. The maximum atomic E-state index is 12.6. The largest absolute Gasteiger partial charge is 0.472 e. The molecule has 0 amide bonds. The van der Waals surface area contributed by atoms with E-state index in [2.05, 4.69) is 91.3 Å². The number of allylic oxidation sites excluding steroid dienone is 11. The number of carbonyl (C=O) groups is 2. The molecule has 0 saturated carbocycles. The molecule has 1 saturated heterocycles. The van der Waals surface area contributed by atoms with Crippen LogP contribution in [0.4, 0.5) is 0 Å². The summed E-state index contributed by atoms with van der Waals surface area (Å²) in [6.45, 7) is 2.15. The second-order valence-electron chi connectivity index (χ2n) is 14.7. The fourth-order valence-corrected chi connectivity index (χ4v) is 6.58. The highest BCUT2D eigenvalue weighted by atomic mass is 31.2. The third kappa shape index (κ3) is 34.3. The predicted molar refractivity (Wildman–Crippen MR) is 232 cm³/mol. The van der Waals surface area contributed by atoms with Crippen molar-refractivity contribution >= 4 is 19.8 Å². The van der Waals surface area contributed by atoms with Crippen LogP contribution in [0, 0.1) is 0 Å². The smallest absolute Gasteiger partial charge is 0.462 e. The van der Waals surface area contributed by atoms with Crippen LogP contribution in [-0.4, -0.2) is 77.9 Å².